The van der Waals surface area contributed by atoms with Gasteiger partial charge in [0, 0.05) is 13.1 Å². The first-order valence-electron chi connectivity index (χ1n) is 5.82. The smallest absolute Gasteiger partial charge is 0.405 e. The molecule has 1 aliphatic heterocycles. The summed E-state index contributed by atoms with van der Waals surface area (Å²) in [6.07, 6.45) is -5.03. The Bertz CT molecular complexity index is 349. The molecule has 0 aromatic rings. The summed E-state index contributed by atoms with van der Waals surface area (Å²) in [6.45, 7) is 0.758. The van der Waals surface area contributed by atoms with Crippen LogP contribution in [0.5, 0.6) is 0 Å². The van der Waals surface area contributed by atoms with Crippen LogP contribution in [0.1, 0.15) is 13.3 Å². The number of halogens is 3. The van der Waals surface area contributed by atoms with Crippen LogP contribution in [0.15, 0.2) is 0 Å². The molecule has 0 aliphatic carbocycles. The number of rotatable bonds is 3. The number of amides is 3. The van der Waals surface area contributed by atoms with Crippen molar-refractivity contribution in [3.63, 3.8) is 0 Å². The summed E-state index contributed by atoms with van der Waals surface area (Å²) in [5.41, 5.74) is 0. The minimum atomic E-state index is -4.46. The lowest BCUT2D eigenvalue weighted by molar-refractivity contribution is -0.123. The molecule has 2 atom stereocenters. The first kappa shape index (κ1) is 15.4. The highest BCUT2D eigenvalue weighted by Crippen LogP contribution is 2.20. The van der Waals surface area contributed by atoms with Gasteiger partial charge in [0.2, 0.25) is 0 Å². The second-order valence-electron chi connectivity index (χ2n) is 4.40. The van der Waals surface area contributed by atoms with E-state index in [0.29, 0.717) is 6.42 Å². The fourth-order valence-electron chi connectivity index (χ4n) is 2.06. The van der Waals surface area contributed by atoms with Gasteiger partial charge in [-0.2, -0.15) is 13.2 Å². The standard InChI is InChI=1S/C10H16F3N3O3/c1-2-6-3-16(4-7(6)15-9(18)19)8(17)14-5-10(11,12)13/h6-7,15H,2-5H2,1H3,(H,14,17)(H,18,19)/t6-,7-/m1/s1. The van der Waals surface area contributed by atoms with Crippen LogP contribution in [-0.2, 0) is 0 Å². The number of carboxylic acid groups (broad SMARTS) is 1. The largest absolute Gasteiger partial charge is 0.465 e. The van der Waals surface area contributed by atoms with E-state index in [-0.39, 0.29) is 19.0 Å². The molecule has 110 valence electrons. The van der Waals surface area contributed by atoms with Gasteiger partial charge in [0.05, 0.1) is 6.04 Å². The highest BCUT2D eigenvalue weighted by Gasteiger charge is 2.36. The summed E-state index contributed by atoms with van der Waals surface area (Å²) in [7, 11) is 0. The summed E-state index contributed by atoms with van der Waals surface area (Å²) in [4.78, 5) is 23.3. The van der Waals surface area contributed by atoms with E-state index < -0.39 is 30.9 Å². The molecule has 0 unspecified atom stereocenters. The molecular formula is C10H16F3N3O3. The quantitative estimate of drug-likeness (QED) is 0.728. The summed E-state index contributed by atoms with van der Waals surface area (Å²) in [6, 6.07) is -1.27. The topological polar surface area (TPSA) is 81.7 Å². The van der Waals surface area contributed by atoms with Gasteiger partial charge in [0.25, 0.3) is 0 Å². The molecule has 0 saturated carbocycles. The number of nitrogens with zero attached hydrogens (tertiary/aromatic N) is 1. The predicted molar refractivity (Wildman–Crippen MR) is 59.8 cm³/mol. The number of hydrogen-bond acceptors (Lipinski definition) is 2. The zero-order valence-electron chi connectivity index (χ0n) is 10.3. The Morgan fingerprint density at radius 1 is 1.37 bits per heavy atom. The normalized spacial score (nSPS) is 23.3. The lowest BCUT2D eigenvalue weighted by atomic mass is 10.0. The second kappa shape index (κ2) is 5.98. The van der Waals surface area contributed by atoms with Crippen molar-refractivity contribution < 1.29 is 27.9 Å². The monoisotopic (exact) mass is 283 g/mol. The molecule has 0 radical (unpaired) electrons. The van der Waals surface area contributed by atoms with Crippen LogP contribution in [0.4, 0.5) is 22.8 Å². The highest BCUT2D eigenvalue weighted by molar-refractivity contribution is 5.75. The Balaban J connectivity index is 2.52. The van der Waals surface area contributed by atoms with Crippen molar-refractivity contribution in [1.82, 2.24) is 15.5 Å². The number of nitrogens with one attached hydrogen (secondary N) is 2. The van der Waals surface area contributed by atoms with Crippen LogP contribution in [0.25, 0.3) is 0 Å². The zero-order valence-corrected chi connectivity index (χ0v) is 10.3. The molecule has 9 heteroatoms. The molecule has 1 heterocycles. The summed E-state index contributed by atoms with van der Waals surface area (Å²) < 4.78 is 35.9. The summed E-state index contributed by atoms with van der Waals surface area (Å²) in [5.74, 6) is -0.0901. The first-order valence-corrected chi connectivity index (χ1v) is 5.82. The summed E-state index contributed by atoms with van der Waals surface area (Å²) >= 11 is 0. The lowest BCUT2D eigenvalue weighted by Gasteiger charge is -2.17. The molecule has 0 spiro atoms. The van der Waals surface area contributed by atoms with Crippen LogP contribution >= 0.6 is 0 Å². The van der Waals surface area contributed by atoms with E-state index >= 15 is 0 Å². The van der Waals surface area contributed by atoms with Gasteiger partial charge in [-0.25, -0.2) is 9.59 Å². The van der Waals surface area contributed by atoms with Gasteiger partial charge in [-0.3, -0.25) is 0 Å². The Labute approximate surface area is 107 Å². The number of likely N-dealkylation sites (tertiary alicyclic amines) is 1. The Morgan fingerprint density at radius 3 is 2.47 bits per heavy atom. The van der Waals surface area contributed by atoms with E-state index in [1.165, 1.54) is 4.90 Å². The van der Waals surface area contributed by atoms with Gasteiger partial charge < -0.3 is 20.6 Å². The third-order valence-corrected chi connectivity index (χ3v) is 3.00. The molecule has 3 N–H and O–H groups in total. The Kier molecular flexibility index (Phi) is 4.84. The molecule has 1 aliphatic rings. The van der Waals surface area contributed by atoms with Crippen molar-refractivity contribution in [1.29, 1.82) is 0 Å². The number of carbonyl (C=O) groups is 2. The zero-order chi connectivity index (χ0) is 14.6. The minimum absolute atomic E-state index is 0.0779. The average Bonchev–Trinajstić information content (AvgIpc) is 2.67. The van der Waals surface area contributed by atoms with Crippen molar-refractivity contribution in [2.24, 2.45) is 5.92 Å². The van der Waals surface area contributed by atoms with Gasteiger partial charge in [0.15, 0.2) is 0 Å². The van der Waals surface area contributed by atoms with Gasteiger partial charge in [0.1, 0.15) is 6.54 Å². The van der Waals surface area contributed by atoms with Gasteiger partial charge in [-0.15, -0.1) is 0 Å². The third kappa shape index (κ3) is 4.84. The average molecular weight is 283 g/mol. The number of urea groups is 1. The van der Waals surface area contributed by atoms with Crippen LogP contribution in [0.2, 0.25) is 0 Å². The molecule has 1 rings (SSSR count). The molecular weight excluding hydrogens is 267 g/mol. The van der Waals surface area contributed by atoms with Crippen molar-refractivity contribution >= 4 is 12.1 Å². The van der Waals surface area contributed by atoms with E-state index in [1.54, 1.807) is 5.32 Å². The molecule has 0 bridgehead atoms. The van der Waals surface area contributed by atoms with E-state index in [1.807, 2.05) is 6.92 Å². The number of hydrogen-bond donors (Lipinski definition) is 3. The molecule has 19 heavy (non-hydrogen) atoms. The first-order chi connectivity index (χ1) is 8.73. The van der Waals surface area contributed by atoms with Crippen LogP contribution < -0.4 is 10.6 Å². The van der Waals surface area contributed by atoms with E-state index in [0.717, 1.165) is 0 Å². The van der Waals surface area contributed by atoms with Crippen LogP contribution in [0.3, 0.4) is 0 Å². The van der Waals surface area contributed by atoms with E-state index in [2.05, 4.69) is 5.32 Å². The van der Waals surface area contributed by atoms with Gasteiger partial charge in [-0.1, -0.05) is 6.92 Å². The van der Waals surface area contributed by atoms with Crippen LogP contribution in [-0.4, -0.2) is 54.0 Å². The Hall–Kier alpha value is -1.67. The fourth-order valence-corrected chi connectivity index (χ4v) is 2.06. The van der Waals surface area contributed by atoms with Crippen molar-refractivity contribution in [3.8, 4) is 0 Å². The number of alkyl halides is 3. The highest BCUT2D eigenvalue weighted by atomic mass is 19.4. The molecule has 1 fully saturated rings. The minimum Gasteiger partial charge on any atom is -0.465 e. The molecule has 6 nitrogen and oxygen atoms in total. The molecule has 3 amide bonds. The molecule has 1 saturated heterocycles. The van der Waals surface area contributed by atoms with Crippen LogP contribution in [0, 0.1) is 5.92 Å². The third-order valence-electron chi connectivity index (χ3n) is 3.00. The maximum Gasteiger partial charge on any atom is 0.405 e. The van der Waals surface area contributed by atoms with Crippen molar-refractivity contribution in [2.75, 3.05) is 19.6 Å². The van der Waals surface area contributed by atoms with Gasteiger partial charge in [-0.05, 0) is 12.3 Å². The molecule has 0 aromatic carbocycles. The number of carbonyl (C=O) groups excluding carboxylic acids is 1. The maximum absolute atomic E-state index is 12.0. The Morgan fingerprint density at radius 2 is 2.00 bits per heavy atom. The van der Waals surface area contributed by atoms with Crippen molar-refractivity contribution in [2.45, 2.75) is 25.6 Å². The van der Waals surface area contributed by atoms with Gasteiger partial charge >= 0.3 is 18.3 Å². The second-order valence-corrected chi connectivity index (χ2v) is 4.40. The fraction of sp³-hybridized carbons (Fsp3) is 0.800. The lowest BCUT2D eigenvalue weighted by Crippen LogP contribution is -2.44. The maximum atomic E-state index is 12.0. The van der Waals surface area contributed by atoms with E-state index in [9.17, 15) is 22.8 Å². The van der Waals surface area contributed by atoms with E-state index in [4.69, 9.17) is 5.11 Å². The molecule has 0 aromatic heterocycles. The SMILES string of the molecule is CC[C@@H]1CN(C(=O)NCC(F)(F)F)C[C@H]1NC(=O)O. The van der Waals surface area contributed by atoms with Crippen molar-refractivity contribution in [3.05, 3.63) is 0 Å². The predicted octanol–water partition coefficient (Wildman–Crippen LogP) is 1.24. The summed E-state index contributed by atoms with van der Waals surface area (Å²) in [5, 5.41) is 12.7.